The number of urea groups is 1. The number of amides is 3. The molecule has 3 N–H and O–H groups in total. The number of carboxylic acid groups (broad SMARTS) is 1. The number of anilines is 1. The number of carbonyl (C=O) groups excluding carboxylic acids is 2. The van der Waals surface area contributed by atoms with E-state index in [0.717, 1.165) is 0 Å². The van der Waals surface area contributed by atoms with E-state index in [-0.39, 0.29) is 12.1 Å². The molecule has 0 aliphatic heterocycles. The van der Waals surface area contributed by atoms with Gasteiger partial charge in [-0.3, -0.25) is 14.9 Å². The van der Waals surface area contributed by atoms with E-state index in [4.69, 9.17) is 5.11 Å². The molecule has 18 heavy (non-hydrogen) atoms. The van der Waals surface area contributed by atoms with Gasteiger partial charge in [-0.2, -0.15) is 0 Å². The van der Waals surface area contributed by atoms with Crippen molar-refractivity contribution < 1.29 is 24.0 Å². The Labute approximate surface area is 102 Å². The molecular weight excluding hydrogens is 242 g/mol. The van der Waals surface area contributed by atoms with Crippen LogP contribution < -0.4 is 10.6 Å². The van der Waals surface area contributed by atoms with Crippen LogP contribution in [-0.2, 0) is 9.59 Å². The molecule has 0 unspecified atom stereocenters. The summed E-state index contributed by atoms with van der Waals surface area (Å²) in [6, 6.07) is -0.774. The average Bonchev–Trinajstić information content (AvgIpc) is 2.68. The molecule has 0 aromatic carbocycles. The Balaban J connectivity index is 2.45. The van der Waals surface area contributed by atoms with Crippen LogP contribution in [0.25, 0.3) is 0 Å². The molecule has 1 heterocycles. The van der Waals surface area contributed by atoms with Crippen LogP contribution in [0.3, 0.4) is 0 Å². The fourth-order valence-electron chi connectivity index (χ4n) is 1.08. The standard InChI is InChI=1S/C10H13N3O5/c1-10(2,8(15)16)3-7(14)13-9(17)12-6-4-11-18-5-6/h4-5H,3H2,1-2H3,(H,15,16)(H2,12,13,14,17). The van der Waals surface area contributed by atoms with Crippen molar-refractivity contribution in [3.8, 4) is 0 Å². The summed E-state index contributed by atoms with van der Waals surface area (Å²) in [7, 11) is 0. The molecular formula is C10H13N3O5. The number of carboxylic acids is 1. The molecule has 1 aromatic heterocycles. The highest BCUT2D eigenvalue weighted by atomic mass is 16.5. The lowest BCUT2D eigenvalue weighted by Crippen LogP contribution is -2.38. The van der Waals surface area contributed by atoms with Gasteiger partial charge in [0.25, 0.3) is 0 Å². The summed E-state index contributed by atoms with van der Waals surface area (Å²) in [5, 5.41) is 16.5. The Kier molecular flexibility index (Phi) is 4.03. The number of hydrogen-bond donors (Lipinski definition) is 3. The summed E-state index contributed by atoms with van der Waals surface area (Å²) in [5.74, 6) is -1.80. The monoisotopic (exact) mass is 255 g/mol. The van der Waals surface area contributed by atoms with Gasteiger partial charge >= 0.3 is 12.0 Å². The van der Waals surface area contributed by atoms with E-state index in [0.29, 0.717) is 0 Å². The zero-order valence-electron chi connectivity index (χ0n) is 9.89. The third-order valence-corrected chi connectivity index (χ3v) is 2.12. The lowest BCUT2D eigenvalue weighted by molar-refractivity contribution is -0.149. The number of nitrogens with one attached hydrogen (secondary N) is 2. The molecule has 0 fully saturated rings. The van der Waals surface area contributed by atoms with Crippen LogP contribution in [0.5, 0.6) is 0 Å². The van der Waals surface area contributed by atoms with Crippen LogP contribution in [0, 0.1) is 5.41 Å². The lowest BCUT2D eigenvalue weighted by Gasteiger charge is -2.17. The second kappa shape index (κ2) is 5.30. The Morgan fingerprint density at radius 2 is 2.11 bits per heavy atom. The second-order valence-electron chi connectivity index (χ2n) is 4.28. The van der Waals surface area contributed by atoms with E-state index in [9.17, 15) is 14.4 Å². The first kappa shape index (κ1) is 13.7. The van der Waals surface area contributed by atoms with Crippen molar-refractivity contribution in [1.82, 2.24) is 10.5 Å². The maximum atomic E-state index is 11.4. The van der Waals surface area contributed by atoms with Gasteiger partial charge in [0.15, 0.2) is 0 Å². The van der Waals surface area contributed by atoms with Crippen molar-refractivity contribution in [2.75, 3.05) is 5.32 Å². The van der Waals surface area contributed by atoms with Gasteiger partial charge in [-0.25, -0.2) is 4.79 Å². The number of rotatable bonds is 4. The van der Waals surface area contributed by atoms with E-state index in [1.165, 1.54) is 26.3 Å². The highest BCUT2D eigenvalue weighted by Crippen LogP contribution is 2.19. The van der Waals surface area contributed by atoms with Crippen LogP contribution in [-0.4, -0.2) is 28.2 Å². The van der Waals surface area contributed by atoms with Crippen molar-refractivity contribution >= 4 is 23.6 Å². The predicted molar refractivity (Wildman–Crippen MR) is 59.7 cm³/mol. The summed E-state index contributed by atoms with van der Waals surface area (Å²) in [6.07, 6.45) is 2.13. The lowest BCUT2D eigenvalue weighted by atomic mass is 9.89. The highest BCUT2D eigenvalue weighted by molar-refractivity contribution is 6.01. The van der Waals surface area contributed by atoms with Crippen molar-refractivity contribution in [3.63, 3.8) is 0 Å². The van der Waals surface area contributed by atoms with Crippen molar-refractivity contribution in [2.45, 2.75) is 20.3 Å². The number of nitrogens with zero attached hydrogens (tertiary/aromatic N) is 1. The van der Waals surface area contributed by atoms with Crippen LogP contribution in [0.4, 0.5) is 10.5 Å². The molecule has 0 radical (unpaired) electrons. The molecule has 0 bridgehead atoms. The van der Waals surface area contributed by atoms with Gasteiger partial charge in [0.1, 0.15) is 12.0 Å². The largest absolute Gasteiger partial charge is 0.481 e. The number of hydrogen-bond acceptors (Lipinski definition) is 5. The third-order valence-electron chi connectivity index (χ3n) is 2.12. The van der Waals surface area contributed by atoms with Crippen LogP contribution in [0.1, 0.15) is 20.3 Å². The van der Waals surface area contributed by atoms with Gasteiger partial charge in [-0.05, 0) is 13.8 Å². The van der Waals surface area contributed by atoms with Crippen molar-refractivity contribution in [1.29, 1.82) is 0 Å². The summed E-state index contributed by atoms with van der Waals surface area (Å²) in [5.41, 5.74) is -0.945. The molecule has 0 spiro atoms. The minimum absolute atomic E-state index is 0.290. The van der Waals surface area contributed by atoms with Gasteiger partial charge in [-0.1, -0.05) is 5.16 Å². The molecule has 0 saturated heterocycles. The molecule has 0 atom stereocenters. The molecule has 3 amide bonds. The molecule has 1 aromatic rings. The molecule has 8 heteroatoms. The summed E-state index contributed by atoms with van der Waals surface area (Å²) >= 11 is 0. The first-order chi connectivity index (χ1) is 8.31. The Morgan fingerprint density at radius 1 is 1.44 bits per heavy atom. The molecule has 98 valence electrons. The number of carbonyl (C=O) groups is 3. The number of aromatic nitrogens is 1. The average molecular weight is 255 g/mol. The van der Waals surface area contributed by atoms with E-state index in [1.54, 1.807) is 0 Å². The minimum atomic E-state index is -1.23. The summed E-state index contributed by atoms with van der Waals surface area (Å²) in [4.78, 5) is 33.5. The molecule has 0 aliphatic carbocycles. The van der Waals surface area contributed by atoms with Crippen LogP contribution >= 0.6 is 0 Å². The van der Waals surface area contributed by atoms with Gasteiger partial charge in [0.2, 0.25) is 5.91 Å². The molecule has 0 aliphatic rings. The van der Waals surface area contributed by atoms with E-state index >= 15 is 0 Å². The van der Waals surface area contributed by atoms with Gasteiger partial charge in [0, 0.05) is 6.42 Å². The van der Waals surface area contributed by atoms with E-state index in [1.807, 2.05) is 5.32 Å². The first-order valence-corrected chi connectivity index (χ1v) is 5.05. The topological polar surface area (TPSA) is 122 Å². The smallest absolute Gasteiger partial charge is 0.326 e. The Hall–Kier alpha value is -2.38. The summed E-state index contributed by atoms with van der Waals surface area (Å²) in [6.45, 7) is 2.79. The van der Waals surface area contributed by atoms with Gasteiger partial charge in [-0.15, -0.1) is 0 Å². The van der Waals surface area contributed by atoms with Crippen molar-refractivity contribution in [3.05, 3.63) is 12.5 Å². The highest BCUT2D eigenvalue weighted by Gasteiger charge is 2.30. The third kappa shape index (κ3) is 3.89. The van der Waals surface area contributed by atoms with Gasteiger partial charge in [0.05, 0.1) is 11.6 Å². The minimum Gasteiger partial charge on any atom is -0.481 e. The molecule has 0 saturated carbocycles. The second-order valence-corrected chi connectivity index (χ2v) is 4.28. The van der Waals surface area contributed by atoms with Crippen molar-refractivity contribution in [2.24, 2.45) is 5.41 Å². The van der Waals surface area contributed by atoms with Gasteiger partial charge < -0.3 is 14.9 Å². The Bertz CT molecular complexity index is 452. The van der Waals surface area contributed by atoms with E-state index in [2.05, 4.69) is 15.0 Å². The Morgan fingerprint density at radius 3 is 2.61 bits per heavy atom. The predicted octanol–water partition coefficient (Wildman–Crippen LogP) is 0.824. The summed E-state index contributed by atoms with van der Waals surface area (Å²) < 4.78 is 4.48. The maximum Gasteiger partial charge on any atom is 0.326 e. The quantitative estimate of drug-likeness (QED) is 0.732. The SMILES string of the molecule is CC(C)(CC(=O)NC(=O)Nc1cnoc1)C(=O)O. The van der Waals surface area contributed by atoms with E-state index < -0.39 is 23.3 Å². The molecule has 1 rings (SSSR count). The molecule has 8 nitrogen and oxygen atoms in total. The zero-order chi connectivity index (χ0) is 13.8. The fraction of sp³-hybridized carbons (Fsp3) is 0.400. The van der Waals surface area contributed by atoms with Crippen LogP contribution in [0.15, 0.2) is 17.0 Å². The number of imide groups is 1. The number of aliphatic carboxylic acids is 1. The normalized spacial score (nSPS) is 10.8. The maximum absolute atomic E-state index is 11.4. The fourth-order valence-corrected chi connectivity index (χ4v) is 1.08. The van der Waals surface area contributed by atoms with Crippen LogP contribution in [0.2, 0.25) is 0 Å². The zero-order valence-corrected chi connectivity index (χ0v) is 9.89. The first-order valence-electron chi connectivity index (χ1n) is 5.05.